The zero-order valence-corrected chi connectivity index (χ0v) is 20.2. The van der Waals surface area contributed by atoms with Crippen LogP contribution in [0.25, 0.3) is 0 Å². The van der Waals surface area contributed by atoms with E-state index in [2.05, 4.69) is 4.74 Å². The third-order valence-electron chi connectivity index (χ3n) is 4.96. The Hall–Kier alpha value is -4.09. The molecule has 0 aliphatic carbocycles. The molecular weight excluding hydrogens is 492 g/mol. The van der Waals surface area contributed by atoms with Gasteiger partial charge in [0.2, 0.25) is 0 Å². The van der Waals surface area contributed by atoms with Crippen molar-refractivity contribution in [3.63, 3.8) is 0 Å². The van der Waals surface area contributed by atoms with Crippen LogP contribution in [0.1, 0.15) is 67.6 Å². The highest BCUT2D eigenvalue weighted by molar-refractivity contribution is 7.85. The maximum atomic E-state index is 12.7. The molecule has 2 aromatic rings. The first-order valence-electron chi connectivity index (χ1n) is 10.5. The second-order valence-corrected chi connectivity index (χ2v) is 8.94. The zero-order valence-electron chi connectivity index (χ0n) is 19.3. The normalized spacial score (nSPS) is 11.2. The number of hydrogen-bond donors (Lipinski definition) is 1. The highest BCUT2D eigenvalue weighted by atomic mass is 32.2. The van der Waals surface area contributed by atoms with E-state index >= 15 is 0 Å². The molecule has 2 rings (SSSR count). The number of benzene rings is 2. The number of hydrogen-bond acceptors (Lipinski definition) is 9. The van der Waals surface area contributed by atoms with Gasteiger partial charge < -0.3 is 4.74 Å². The van der Waals surface area contributed by atoms with E-state index in [4.69, 9.17) is 0 Å². The molecule has 0 spiro atoms. The molecule has 188 valence electrons. The number of Topliss-reactive ketones (excluding diaryl/α,β-unsaturated/α-hetero) is 4. The molecule has 0 heterocycles. The summed E-state index contributed by atoms with van der Waals surface area (Å²) in [4.78, 5) is 71.8. The molecule has 0 radical (unpaired) electrons. The van der Waals surface area contributed by atoms with Crippen molar-refractivity contribution in [3.8, 4) is 0 Å². The molecule has 10 nitrogen and oxygen atoms in total. The van der Waals surface area contributed by atoms with E-state index in [1.54, 1.807) is 6.92 Å². The van der Waals surface area contributed by atoms with E-state index in [1.165, 1.54) is 24.3 Å². The molecule has 11 heteroatoms. The summed E-state index contributed by atoms with van der Waals surface area (Å²) in [6, 6.07) is 8.27. The highest BCUT2D eigenvalue weighted by Gasteiger charge is 2.21. The SMILES string of the molecule is CCC(=O)c1ccc(C(=O)CC(=O)c2cc(C(=O)CC(=O)/C=C/C(=O)OC)cc(S(=O)(=O)O)c2)cc1. The Bertz CT molecular complexity index is 1370. The van der Waals surface area contributed by atoms with Gasteiger partial charge in [0, 0.05) is 34.8 Å². The number of allylic oxidation sites excluding steroid dienone is 1. The van der Waals surface area contributed by atoms with E-state index in [-0.39, 0.29) is 28.9 Å². The van der Waals surface area contributed by atoms with Crippen LogP contribution >= 0.6 is 0 Å². The minimum atomic E-state index is -4.85. The van der Waals surface area contributed by atoms with Crippen molar-refractivity contribution < 1.29 is 46.5 Å². The number of ether oxygens (including phenoxy) is 1. The molecular formula is C25H22O10S. The molecule has 0 unspecified atom stereocenters. The van der Waals surface area contributed by atoms with Gasteiger partial charge >= 0.3 is 5.97 Å². The predicted molar refractivity (Wildman–Crippen MR) is 126 cm³/mol. The van der Waals surface area contributed by atoms with Crippen LogP contribution in [-0.4, -0.2) is 55.0 Å². The largest absolute Gasteiger partial charge is 0.466 e. The quantitative estimate of drug-likeness (QED) is 0.146. The summed E-state index contributed by atoms with van der Waals surface area (Å²) in [6.45, 7) is 1.69. The number of rotatable bonds is 12. The fourth-order valence-electron chi connectivity index (χ4n) is 3.01. The van der Waals surface area contributed by atoms with E-state index in [9.17, 15) is 41.7 Å². The van der Waals surface area contributed by atoms with Crippen LogP contribution in [0.4, 0.5) is 0 Å². The topological polar surface area (TPSA) is 166 Å². The van der Waals surface area contributed by atoms with Gasteiger partial charge in [-0.3, -0.25) is 28.5 Å². The van der Waals surface area contributed by atoms with Crippen molar-refractivity contribution in [2.45, 2.75) is 31.1 Å². The van der Waals surface area contributed by atoms with Gasteiger partial charge in [0.05, 0.1) is 24.8 Å². The van der Waals surface area contributed by atoms with E-state index in [0.29, 0.717) is 5.56 Å². The first kappa shape index (κ1) is 28.1. The molecule has 1 N–H and O–H groups in total. The summed E-state index contributed by atoms with van der Waals surface area (Å²) >= 11 is 0. The number of methoxy groups -OCH3 is 1. The lowest BCUT2D eigenvalue weighted by Gasteiger charge is -2.08. The van der Waals surface area contributed by atoms with Crippen molar-refractivity contribution in [1.29, 1.82) is 0 Å². The van der Waals surface area contributed by atoms with Gasteiger partial charge in [-0.2, -0.15) is 8.42 Å². The molecule has 0 saturated heterocycles. The van der Waals surface area contributed by atoms with Crippen molar-refractivity contribution in [2.24, 2.45) is 0 Å². The molecule has 36 heavy (non-hydrogen) atoms. The van der Waals surface area contributed by atoms with Crippen molar-refractivity contribution in [3.05, 3.63) is 76.9 Å². The highest BCUT2D eigenvalue weighted by Crippen LogP contribution is 2.19. The first-order chi connectivity index (χ1) is 16.8. The van der Waals surface area contributed by atoms with Crippen molar-refractivity contribution in [2.75, 3.05) is 7.11 Å². The molecule has 2 aromatic carbocycles. The Morgan fingerprint density at radius 1 is 0.750 bits per heavy atom. The smallest absolute Gasteiger partial charge is 0.330 e. The minimum absolute atomic E-state index is 0.122. The molecule has 0 aromatic heterocycles. The Morgan fingerprint density at radius 2 is 1.22 bits per heavy atom. The molecule has 0 atom stereocenters. The van der Waals surface area contributed by atoms with Crippen LogP contribution in [0.5, 0.6) is 0 Å². The van der Waals surface area contributed by atoms with Gasteiger partial charge in [-0.15, -0.1) is 0 Å². The maximum Gasteiger partial charge on any atom is 0.330 e. The third-order valence-corrected chi connectivity index (χ3v) is 5.79. The third kappa shape index (κ3) is 7.72. The molecule has 0 aliphatic rings. The lowest BCUT2D eigenvalue weighted by molar-refractivity contribution is -0.135. The fraction of sp³-hybridized carbons (Fsp3) is 0.200. The molecule has 0 amide bonds. The number of ketones is 5. The maximum absolute atomic E-state index is 12.7. The summed E-state index contributed by atoms with van der Waals surface area (Å²) in [5.41, 5.74) is -0.179. The lowest BCUT2D eigenvalue weighted by atomic mass is 9.97. The number of carbonyl (C=O) groups is 6. The van der Waals surface area contributed by atoms with Crippen LogP contribution in [0.2, 0.25) is 0 Å². The number of carbonyl (C=O) groups excluding carboxylic acids is 6. The van der Waals surface area contributed by atoms with Crippen LogP contribution < -0.4 is 0 Å². The lowest BCUT2D eigenvalue weighted by Crippen LogP contribution is -2.13. The van der Waals surface area contributed by atoms with Crippen LogP contribution in [0.15, 0.2) is 59.5 Å². The fourth-order valence-corrected chi connectivity index (χ4v) is 3.57. The first-order valence-corrected chi connectivity index (χ1v) is 11.9. The van der Waals surface area contributed by atoms with Gasteiger partial charge in [-0.1, -0.05) is 31.2 Å². The van der Waals surface area contributed by atoms with Crippen LogP contribution in [-0.2, 0) is 24.4 Å². The zero-order chi connectivity index (χ0) is 27.0. The summed E-state index contributed by atoms with van der Waals surface area (Å²) in [6.07, 6.45) is 0.433. The van der Waals surface area contributed by atoms with E-state index in [1.807, 2.05) is 0 Å². The van der Waals surface area contributed by atoms with Crippen LogP contribution in [0.3, 0.4) is 0 Å². The van der Waals surface area contributed by atoms with Gasteiger partial charge in [-0.05, 0) is 24.3 Å². The Morgan fingerprint density at radius 3 is 1.69 bits per heavy atom. The standard InChI is InChI=1S/C25H22O10S/c1-3-21(27)15-4-6-16(7-5-15)23(29)14-24(30)18-10-17(11-20(12-18)36(32,33)34)22(28)13-19(26)8-9-25(31)35-2/h4-12H,3,13-14H2,1-2H3,(H,32,33,34)/b9-8+. The van der Waals surface area contributed by atoms with E-state index < -0.39 is 57.0 Å². The minimum Gasteiger partial charge on any atom is -0.466 e. The second kappa shape index (κ2) is 12.0. The number of esters is 1. The van der Waals surface area contributed by atoms with Gasteiger partial charge in [0.25, 0.3) is 10.1 Å². The molecule has 0 fully saturated rings. The molecule has 0 saturated carbocycles. The summed E-state index contributed by atoms with van der Waals surface area (Å²) < 4.78 is 37.1. The van der Waals surface area contributed by atoms with Gasteiger partial charge in [0.15, 0.2) is 28.9 Å². The van der Waals surface area contributed by atoms with Gasteiger partial charge in [-0.25, -0.2) is 4.79 Å². The average molecular weight is 515 g/mol. The van der Waals surface area contributed by atoms with Crippen molar-refractivity contribution in [1.82, 2.24) is 0 Å². The van der Waals surface area contributed by atoms with Crippen LogP contribution in [0, 0.1) is 0 Å². The monoisotopic (exact) mass is 514 g/mol. The Kier molecular flexibility index (Phi) is 9.42. The Balaban J connectivity index is 2.29. The van der Waals surface area contributed by atoms with E-state index in [0.717, 1.165) is 37.5 Å². The summed E-state index contributed by atoms with van der Waals surface area (Å²) in [7, 11) is -3.75. The summed E-state index contributed by atoms with van der Waals surface area (Å²) in [5.74, 6) is -4.10. The van der Waals surface area contributed by atoms with Crippen molar-refractivity contribution >= 4 is 45.0 Å². The Labute approximate surface area is 206 Å². The average Bonchev–Trinajstić information content (AvgIpc) is 2.85. The molecule has 0 aliphatic heterocycles. The second-order valence-electron chi connectivity index (χ2n) is 7.52. The summed E-state index contributed by atoms with van der Waals surface area (Å²) in [5, 5.41) is 0. The molecule has 0 bridgehead atoms. The predicted octanol–water partition coefficient (Wildman–Crippen LogP) is 2.85. The van der Waals surface area contributed by atoms with Gasteiger partial charge in [0.1, 0.15) is 0 Å².